The highest BCUT2D eigenvalue weighted by Gasteiger charge is 2.27. The molecule has 0 aliphatic carbocycles. The maximum absolute atomic E-state index is 12.9. The zero-order chi connectivity index (χ0) is 16.6. The number of nitrogens with two attached hydrogens (primary N) is 1. The molecule has 0 radical (unpaired) electrons. The summed E-state index contributed by atoms with van der Waals surface area (Å²) in [5.74, 6) is 1.43. The van der Waals surface area contributed by atoms with Crippen LogP contribution in [-0.2, 0) is 11.2 Å². The standard InChI is InChI=1S/C19H18ClNO2/c1-11(2)19-18(12-3-6-14(20)7-4-12)16(22)9-13-5-8-15(21)10-17(13)23-19/h3-8,10-11H,9,21H2,1-2H3. The zero-order valence-electron chi connectivity index (χ0n) is 13.1. The number of benzene rings is 2. The smallest absolute Gasteiger partial charge is 0.171 e. The fraction of sp³-hybridized carbons (Fsp3) is 0.211. The van der Waals surface area contributed by atoms with Crippen LogP contribution >= 0.6 is 11.6 Å². The van der Waals surface area contributed by atoms with Gasteiger partial charge in [-0.2, -0.15) is 0 Å². The van der Waals surface area contributed by atoms with E-state index in [1.165, 1.54) is 0 Å². The average Bonchev–Trinajstić information content (AvgIpc) is 2.64. The van der Waals surface area contributed by atoms with Crippen LogP contribution in [0.3, 0.4) is 0 Å². The lowest BCUT2D eigenvalue weighted by atomic mass is 9.93. The highest BCUT2D eigenvalue weighted by Crippen LogP contribution is 2.35. The quantitative estimate of drug-likeness (QED) is 0.827. The maximum atomic E-state index is 12.9. The summed E-state index contributed by atoms with van der Waals surface area (Å²) in [7, 11) is 0. The highest BCUT2D eigenvalue weighted by molar-refractivity contribution is 6.30. The second-order valence-electron chi connectivity index (χ2n) is 5.97. The third kappa shape index (κ3) is 3.10. The summed E-state index contributed by atoms with van der Waals surface area (Å²) >= 11 is 5.96. The minimum Gasteiger partial charge on any atom is -0.460 e. The van der Waals surface area contributed by atoms with E-state index in [0.717, 1.165) is 11.1 Å². The van der Waals surface area contributed by atoms with Gasteiger partial charge < -0.3 is 10.5 Å². The van der Waals surface area contributed by atoms with E-state index in [0.29, 0.717) is 34.2 Å². The normalized spacial score (nSPS) is 14.5. The highest BCUT2D eigenvalue weighted by atomic mass is 35.5. The lowest BCUT2D eigenvalue weighted by molar-refractivity contribution is -0.113. The average molecular weight is 328 g/mol. The van der Waals surface area contributed by atoms with E-state index in [1.807, 2.05) is 32.0 Å². The molecule has 118 valence electrons. The molecule has 0 atom stereocenters. The molecule has 0 aromatic heterocycles. The largest absolute Gasteiger partial charge is 0.460 e. The molecule has 1 aliphatic rings. The minimum atomic E-state index is 0.0412. The molecular formula is C19H18ClNO2. The summed E-state index contributed by atoms with van der Waals surface area (Å²) in [5.41, 5.74) is 8.77. The summed E-state index contributed by atoms with van der Waals surface area (Å²) in [5, 5.41) is 0.637. The molecule has 1 heterocycles. The van der Waals surface area contributed by atoms with Gasteiger partial charge in [-0.15, -0.1) is 0 Å². The van der Waals surface area contributed by atoms with Gasteiger partial charge in [-0.05, 0) is 23.8 Å². The molecule has 1 aliphatic heterocycles. The number of halogens is 1. The molecular weight excluding hydrogens is 310 g/mol. The van der Waals surface area contributed by atoms with E-state index < -0.39 is 0 Å². The second-order valence-corrected chi connectivity index (χ2v) is 6.41. The fourth-order valence-electron chi connectivity index (χ4n) is 2.71. The number of nitrogen functional groups attached to an aromatic ring is 1. The third-order valence-electron chi connectivity index (χ3n) is 3.84. The van der Waals surface area contributed by atoms with Gasteiger partial charge in [0.15, 0.2) is 5.78 Å². The number of hydrogen-bond donors (Lipinski definition) is 1. The fourth-order valence-corrected chi connectivity index (χ4v) is 2.83. The van der Waals surface area contributed by atoms with E-state index in [-0.39, 0.29) is 11.7 Å². The van der Waals surface area contributed by atoms with Gasteiger partial charge in [0.1, 0.15) is 11.5 Å². The van der Waals surface area contributed by atoms with Crippen LogP contribution in [0.2, 0.25) is 5.02 Å². The first-order valence-corrected chi connectivity index (χ1v) is 7.93. The Morgan fingerprint density at radius 1 is 1.13 bits per heavy atom. The summed E-state index contributed by atoms with van der Waals surface area (Å²) in [4.78, 5) is 12.9. The summed E-state index contributed by atoms with van der Waals surface area (Å²) in [6.45, 7) is 4.02. The van der Waals surface area contributed by atoms with Crippen LogP contribution < -0.4 is 10.5 Å². The number of ketones is 1. The summed E-state index contributed by atoms with van der Waals surface area (Å²) < 4.78 is 6.11. The second kappa shape index (κ2) is 6.09. The van der Waals surface area contributed by atoms with Gasteiger partial charge in [-0.25, -0.2) is 0 Å². The molecule has 3 rings (SSSR count). The Morgan fingerprint density at radius 2 is 1.83 bits per heavy atom. The first-order valence-electron chi connectivity index (χ1n) is 7.55. The summed E-state index contributed by atoms with van der Waals surface area (Å²) in [6, 6.07) is 12.7. The molecule has 0 saturated carbocycles. The molecule has 4 heteroatoms. The van der Waals surface area contributed by atoms with Crippen molar-refractivity contribution in [3.63, 3.8) is 0 Å². The SMILES string of the molecule is CC(C)C1=C(c2ccc(Cl)cc2)C(=O)Cc2ccc(N)cc2O1. The molecule has 2 N–H and O–H groups in total. The first-order chi connectivity index (χ1) is 11.0. The van der Waals surface area contributed by atoms with Gasteiger partial charge in [0.2, 0.25) is 0 Å². The van der Waals surface area contributed by atoms with Crippen molar-refractivity contribution >= 4 is 28.6 Å². The third-order valence-corrected chi connectivity index (χ3v) is 4.10. The van der Waals surface area contributed by atoms with Gasteiger partial charge in [0, 0.05) is 34.7 Å². The van der Waals surface area contributed by atoms with Crippen molar-refractivity contribution in [1.82, 2.24) is 0 Å². The van der Waals surface area contributed by atoms with E-state index in [2.05, 4.69) is 0 Å². The predicted molar refractivity (Wildman–Crippen MR) is 93.4 cm³/mol. The Balaban J connectivity index is 2.16. The minimum absolute atomic E-state index is 0.0412. The van der Waals surface area contributed by atoms with E-state index >= 15 is 0 Å². The molecule has 0 unspecified atom stereocenters. The van der Waals surface area contributed by atoms with Crippen molar-refractivity contribution in [1.29, 1.82) is 0 Å². The Bertz CT molecular complexity index is 792. The Morgan fingerprint density at radius 3 is 2.48 bits per heavy atom. The number of ether oxygens (including phenoxy) is 1. The van der Waals surface area contributed by atoms with Crippen molar-refractivity contribution in [3.05, 3.63) is 64.4 Å². The molecule has 23 heavy (non-hydrogen) atoms. The number of rotatable bonds is 2. The number of carbonyl (C=O) groups excluding carboxylic acids is 1. The monoisotopic (exact) mass is 327 g/mol. The number of fused-ring (bicyclic) bond motifs is 1. The molecule has 2 aromatic carbocycles. The van der Waals surface area contributed by atoms with Crippen molar-refractivity contribution in [3.8, 4) is 5.75 Å². The molecule has 0 bridgehead atoms. The first kappa shape index (κ1) is 15.6. The lowest BCUT2D eigenvalue weighted by Gasteiger charge is -2.17. The summed E-state index contributed by atoms with van der Waals surface area (Å²) in [6.07, 6.45) is 0.295. The van der Waals surface area contributed by atoms with Crippen LogP contribution in [0.25, 0.3) is 5.57 Å². The number of allylic oxidation sites excluding steroid dienone is 2. The van der Waals surface area contributed by atoms with Gasteiger partial charge in [0.05, 0.1) is 5.57 Å². The van der Waals surface area contributed by atoms with Crippen molar-refractivity contribution in [2.24, 2.45) is 5.92 Å². The van der Waals surface area contributed by atoms with Crippen LogP contribution in [0.15, 0.2) is 48.2 Å². The molecule has 0 saturated heterocycles. The molecule has 0 spiro atoms. The lowest BCUT2D eigenvalue weighted by Crippen LogP contribution is -2.11. The van der Waals surface area contributed by atoms with Crippen LogP contribution in [0.1, 0.15) is 25.0 Å². The van der Waals surface area contributed by atoms with Crippen molar-refractivity contribution < 1.29 is 9.53 Å². The van der Waals surface area contributed by atoms with Gasteiger partial charge in [-0.3, -0.25) is 4.79 Å². The van der Waals surface area contributed by atoms with Crippen LogP contribution in [0.4, 0.5) is 5.69 Å². The van der Waals surface area contributed by atoms with Gasteiger partial charge >= 0.3 is 0 Å². The molecule has 3 nitrogen and oxygen atoms in total. The number of Topliss-reactive ketones (excluding diaryl/α,β-unsaturated/α-hetero) is 1. The number of hydrogen-bond acceptors (Lipinski definition) is 3. The molecule has 2 aromatic rings. The predicted octanol–water partition coefficient (Wildman–Crippen LogP) is 4.49. The van der Waals surface area contributed by atoms with Crippen molar-refractivity contribution in [2.45, 2.75) is 20.3 Å². The molecule has 0 amide bonds. The van der Waals surface area contributed by atoms with Gasteiger partial charge in [-0.1, -0.05) is 43.6 Å². The van der Waals surface area contributed by atoms with E-state index in [9.17, 15) is 4.79 Å². The zero-order valence-corrected chi connectivity index (χ0v) is 13.9. The number of carbonyl (C=O) groups is 1. The Hall–Kier alpha value is -2.26. The maximum Gasteiger partial charge on any atom is 0.171 e. The van der Waals surface area contributed by atoms with E-state index in [4.69, 9.17) is 22.1 Å². The Kier molecular flexibility index (Phi) is 4.14. The molecule has 0 fully saturated rings. The van der Waals surface area contributed by atoms with Crippen LogP contribution in [0, 0.1) is 5.92 Å². The van der Waals surface area contributed by atoms with E-state index in [1.54, 1.807) is 24.3 Å². The van der Waals surface area contributed by atoms with Crippen LogP contribution in [-0.4, -0.2) is 5.78 Å². The van der Waals surface area contributed by atoms with Crippen molar-refractivity contribution in [2.75, 3.05) is 5.73 Å². The number of anilines is 1. The van der Waals surface area contributed by atoms with Crippen LogP contribution in [0.5, 0.6) is 5.75 Å². The topological polar surface area (TPSA) is 52.3 Å². The van der Waals surface area contributed by atoms with Gasteiger partial charge in [0.25, 0.3) is 0 Å². The Labute approximate surface area is 140 Å².